The average molecular weight is 275 g/mol. The van der Waals surface area contributed by atoms with Crippen LogP contribution < -0.4 is 4.74 Å². The number of fused-ring (bicyclic) bond motifs is 1. The van der Waals surface area contributed by atoms with Crippen molar-refractivity contribution in [3.05, 3.63) is 35.7 Å². The predicted molar refractivity (Wildman–Crippen MR) is 74.2 cm³/mol. The third-order valence-corrected chi connectivity index (χ3v) is 3.48. The molecule has 1 N–H and O–H groups in total. The molecular weight excluding hydrogens is 262 g/mol. The Labute approximate surface area is 114 Å². The van der Waals surface area contributed by atoms with E-state index in [0.29, 0.717) is 5.75 Å². The van der Waals surface area contributed by atoms with Crippen LogP contribution in [0.4, 0.5) is 0 Å². The quantitative estimate of drug-likeness (QED) is 0.741. The summed E-state index contributed by atoms with van der Waals surface area (Å²) in [7, 11) is 0. The van der Waals surface area contributed by atoms with Crippen LogP contribution in [-0.4, -0.2) is 16.1 Å². The van der Waals surface area contributed by atoms with Gasteiger partial charge in [0.05, 0.1) is 0 Å². The molecule has 98 valence electrons. The molecule has 0 atom stereocenters. The zero-order chi connectivity index (χ0) is 13.5. The summed E-state index contributed by atoms with van der Waals surface area (Å²) in [5.74, 6) is -0.660. The van der Waals surface area contributed by atoms with Gasteiger partial charge >= 0.3 is 0 Å². The van der Waals surface area contributed by atoms with Crippen molar-refractivity contribution in [2.24, 2.45) is 0 Å². The predicted octanol–water partition coefficient (Wildman–Crippen LogP) is 3.66. The first-order valence-corrected chi connectivity index (χ1v) is 6.76. The zero-order valence-corrected chi connectivity index (χ0v) is 11.4. The molecule has 0 saturated heterocycles. The largest absolute Gasteiger partial charge is 0.462 e. The number of ether oxygens (including phenoxy) is 1. The Bertz CT molecular complexity index is 709. The highest BCUT2D eigenvalue weighted by atomic mass is 32.1. The number of hydrogen-bond acceptors (Lipinski definition) is 5. The minimum Gasteiger partial charge on any atom is -0.462 e. The first-order valence-electron chi connectivity index (χ1n) is 5.88. The van der Waals surface area contributed by atoms with Gasteiger partial charge in [0.1, 0.15) is 16.1 Å². The van der Waals surface area contributed by atoms with Crippen LogP contribution in [0.3, 0.4) is 0 Å². The molecule has 2 aromatic heterocycles. The number of aliphatic hydroxyl groups is 1. The summed E-state index contributed by atoms with van der Waals surface area (Å²) >= 11 is 1.57. The number of hydrogen-bond donors (Lipinski definition) is 1. The van der Waals surface area contributed by atoms with Gasteiger partial charge in [-0.2, -0.15) is 0 Å². The first-order chi connectivity index (χ1) is 9.04. The molecule has 3 rings (SSSR count). The number of nitrogens with zero attached hydrogens (tertiary/aromatic N) is 1. The van der Waals surface area contributed by atoms with Gasteiger partial charge in [0.25, 0.3) is 0 Å². The normalized spacial score (nSPS) is 11.9. The molecule has 0 amide bonds. The summed E-state index contributed by atoms with van der Waals surface area (Å²) in [6, 6.07) is 9.35. The van der Waals surface area contributed by atoms with E-state index in [2.05, 4.69) is 5.16 Å². The van der Waals surface area contributed by atoms with E-state index in [1.165, 1.54) is 0 Å². The van der Waals surface area contributed by atoms with Gasteiger partial charge in [0.2, 0.25) is 5.79 Å². The maximum absolute atomic E-state index is 9.80. The van der Waals surface area contributed by atoms with Crippen molar-refractivity contribution >= 4 is 21.6 Å². The van der Waals surface area contributed by atoms with E-state index in [1.807, 2.05) is 29.6 Å². The molecule has 0 aliphatic carbocycles. The summed E-state index contributed by atoms with van der Waals surface area (Å²) in [5, 5.41) is 15.9. The molecule has 0 unspecified atom stereocenters. The van der Waals surface area contributed by atoms with Crippen LogP contribution in [0.25, 0.3) is 21.5 Å². The molecule has 1 aromatic carbocycles. The molecule has 0 fully saturated rings. The summed E-state index contributed by atoms with van der Waals surface area (Å²) in [4.78, 5) is 0. The lowest BCUT2D eigenvalue weighted by atomic mass is 10.1. The Kier molecular flexibility index (Phi) is 2.80. The van der Waals surface area contributed by atoms with Crippen LogP contribution in [0, 0.1) is 0 Å². The minimum atomic E-state index is -1.24. The summed E-state index contributed by atoms with van der Waals surface area (Å²) in [5.41, 5.74) is 2.31. The Hall–Kier alpha value is -1.85. The van der Waals surface area contributed by atoms with Crippen molar-refractivity contribution in [2.45, 2.75) is 19.6 Å². The maximum atomic E-state index is 9.80. The average Bonchev–Trinajstić information content (AvgIpc) is 2.90. The van der Waals surface area contributed by atoms with E-state index in [1.54, 1.807) is 31.3 Å². The molecule has 0 aliphatic heterocycles. The van der Waals surface area contributed by atoms with E-state index in [0.717, 1.165) is 21.5 Å². The topological polar surface area (TPSA) is 55.5 Å². The Morgan fingerprint density at radius 3 is 2.84 bits per heavy atom. The Morgan fingerprint density at radius 2 is 2.05 bits per heavy atom. The molecule has 4 nitrogen and oxygen atoms in total. The number of para-hydroxylation sites is 1. The van der Waals surface area contributed by atoms with E-state index in [9.17, 15) is 5.11 Å². The standard InChI is InChI=1S/C14H13NO3S/c1-14(2,16)17-10-6-4-3-5-9(10)12-13-11(18-15-12)7-8-19-13/h3-8,16H,1-2H3. The van der Waals surface area contributed by atoms with Crippen molar-refractivity contribution < 1.29 is 14.4 Å². The Morgan fingerprint density at radius 1 is 1.26 bits per heavy atom. The highest BCUT2D eigenvalue weighted by Gasteiger charge is 2.20. The van der Waals surface area contributed by atoms with E-state index in [4.69, 9.17) is 9.26 Å². The fraction of sp³-hybridized carbons (Fsp3) is 0.214. The van der Waals surface area contributed by atoms with Gasteiger partial charge in [-0.15, -0.1) is 11.3 Å². The number of rotatable bonds is 3. The van der Waals surface area contributed by atoms with Gasteiger partial charge in [-0.05, 0) is 23.6 Å². The van der Waals surface area contributed by atoms with Gasteiger partial charge in [0, 0.05) is 19.4 Å². The van der Waals surface area contributed by atoms with Crippen LogP contribution in [0.15, 0.2) is 40.2 Å². The smallest absolute Gasteiger partial charge is 0.202 e. The minimum absolute atomic E-state index is 0.582. The molecule has 0 spiro atoms. The Balaban J connectivity index is 2.13. The number of thiophene rings is 1. The van der Waals surface area contributed by atoms with Gasteiger partial charge in [-0.25, -0.2) is 0 Å². The summed E-state index contributed by atoms with van der Waals surface area (Å²) in [6.07, 6.45) is 0. The molecule has 3 aromatic rings. The summed E-state index contributed by atoms with van der Waals surface area (Å²) in [6.45, 7) is 3.18. The van der Waals surface area contributed by atoms with E-state index in [-0.39, 0.29) is 0 Å². The number of aromatic nitrogens is 1. The van der Waals surface area contributed by atoms with E-state index >= 15 is 0 Å². The van der Waals surface area contributed by atoms with Crippen molar-refractivity contribution in [2.75, 3.05) is 0 Å². The van der Waals surface area contributed by atoms with Crippen LogP contribution in [0.1, 0.15) is 13.8 Å². The summed E-state index contributed by atoms with van der Waals surface area (Å²) < 4.78 is 11.8. The fourth-order valence-corrected chi connectivity index (χ4v) is 2.68. The molecule has 0 radical (unpaired) electrons. The highest BCUT2D eigenvalue weighted by molar-refractivity contribution is 7.17. The van der Waals surface area contributed by atoms with Gasteiger partial charge in [-0.1, -0.05) is 17.3 Å². The molecule has 5 heteroatoms. The second kappa shape index (κ2) is 4.36. The molecule has 0 saturated carbocycles. The fourth-order valence-electron chi connectivity index (χ4n) is 1.87. The van der Waals surface area contributed by atoms with E-state index < -0.39 is 5.79 Å². The highest BCUT2D eigenvalue weighted by Crippen LogP contribution is 2.37. The second-order valence-electron chi connectivity index (χ2n) is 4.69. The van der Waals surface area contributed by atoms with Gasteiger partial charge < -0.3 is 14.4 Å². The van der Waals surface area contributed by atoms with Gasteiger partial charge in [-0.3, -0.25) is 0 Å². The molecule has 2 heterocycles. The lowest BCUT2D eigenvalue weighted by Gasteiger charge is -2.21. The lowest BCUT2D eigenvalue weighted by Crippen LogP contribution is -2.27. The SMILES string of the molecule is CC(C)(O)Oc1ccccc1-c1noc2ccsc12. The van der Waals surface area contributed by atoms with Gasteiger partial charge in [0.15, 0.2) is 5.58 Å². The van der Waals surface area contributed by atoms with Crippen molar-refractivity contribution in [3.8, 4) is 17.0 Å². The third kappa shape index (κ3) is 2.34. The zero-order valence-electron chi connectivity index (χ0n) is 10.6. The monoisotopic (exact) mass is 275 g/mol. The maximum Gasteiger partial charge on any atom is 0.202 e. The third-order valence-electron chi connectivity index (χ3n) is 2.58. The van der Waals surface area contributed by atoms with Crippen LogP contribution in [0.5, 0.6) is 5.75 Å². The molecular formula is C14H13NO3S. The van der Waals surface area contributed by atoms with Crippen molar-refractivity contribution in [3.63, 3.8) is 0 Å². The van der Waals surface area contributed by atoms with Crippen molar-refractivity contribution in [1.82, 2.24) is 5.16 Å². The van der Waals surface area contributed by atoms with Crippen LogP contribution in [-0.2, 0) is 0 Å². The van der Waals surface area contributed by atoms with Crippen molar-refractivity contribution in [1.29, 1.82) is 0 Å². The number of benzene rings is 1. The van der Waals surface area contributed by atoms with Crippen LogP contribution >= 0.6 is 11.3 Å². The molecule has 19 heavy (non-hydrogen) atoms. The molecule has 0 aliphatic rings. The lowest BCUT2D eigenvalue weighted by molar-refractivity contribution is -0.104. The van der Waals surface area contributed by atoms with Crippen LogP contribution in [0.2, 0.25) is 0 Å². The first kappa shape index (κ1) is 12.2. The second-order valence-corrected chi connectivity index (χ2v) is 5.61. The molecule has 0 bridgehead atoms.